The Morgan fingerprint density at radius 3 is 2.44 bits per heavy atom. The van der Waals surface area contributed by atoms with E-state index in [2.05, 4.69) is 0 Å². The highest BCUT2D eigenvalue weighted by atomic mass is 32.2. The van der Waals surface area contributed by atoms with Gasteiger partial charge in [-0.25, -0.2) is 8.42 Å². The quantitative estimate of drug-likeness (QED) is 0.805. The van der Waals surface area contributed by atoms with Crippen LogP contribution in [-0.2, 0) is 9.84 Å². The Morgan fingerprint density at radius 2 is 2.00 bits per heavy atom. The van der Waals surface area contributed by atoms with E-state index in [0.717, 1.165) is 11.8 Å². The van der Waals surface area contributed by atoms with Gasteiger partial charge in [0.2, 0.25) is 0 Å². The molecule has 0 amide bonds. The Labute approximate surface area is 95.5 Å². The summed E-state index contributed by atoms with van der Waals surface area (Å²) in [6, 6.07) is 6.94. The number of sulfone groups is 1. The molecule has 0 aliphatic carbocycles. The SMILES string of the molecule is Cc1cccc([C@@H](O)[C@H](CO)S(C)(=O)=O)c1. The molecule has 4 nitrogen and oxygen atoms in total. The molecule has 0 fully saturated rings. The van der Waals surface area contributed by atoms with Crippen LogP contribution < -0.4 is 0 Å². The largest absolute Gasteiger partial charge is 0.395 e. The van der Waals surface area contributed by atoms with Crippen molar-refractivity contribution in [1.29, 1.82) is 0 Å². The molecule has 0 radical (unpaired) electrons. The van der Waals surface area contributed by atoms with Gasteiger partial charge in [-0.2, -0.15) is 0 Å². The van der Waals surface area contributed by atoms with Gasteiger partial charge in [0.15, 0.2) is 9.84 Å². The Kier molecular flexibility index (Phi) is 4.07. The highest BCUT2D eigenvalue weighted by molar-refractivity contribution is 7.91. The van der Waals surface area contributed by atoms with Crippen LogP contribution in [0.15, 0.2) is 24.3 Å². The number of hydrogen-bond donors (Lipinski definition) is 2. The van der Waals surface area contributed by atoms with Crippen molar-refractivity contribution >= 4 is 9.84 Å². The molecule has 1 aromatic rings. The fourth-order valence-electron chi connectivity index (χ4n) is 1.54. The van der Waals surface area contributed by atoms with Crippen LogP contribution in [0, 0.1) is 6.92 Å². The molecule has 5 heteroatoms. The highest BCUT2D eigenvalue weighted by Gasteiger charge is 2.29. The summed E-state index contributed by atoms with van der Waals surface area (Å²) >= 11 is 0. The molecular weight excluding hydrogens is 228 g/mol. The average Bonchev–Trinajstić information content (AvgIpc) is 2.16. The van der Waals surface area contributed by atoms with Crippen molar-refractivity contribution in [2.75, 3.05) is 12.9 Å². The zero-order valence-corrected chi connectivity index (χ0v) is 10.1. The molecule has 0 unspecified atom stereocenters. The van der Waals surface area contributed by atoms with Crippen molar-refractivity contribution in [3.8, 4) is 0 Å². The number of hydrogen-bond acceptors (Lipinski definition) is 4. The fraction of sp³-hybridized carbons (Fsp3) is 0.455. The third kappa shape index (κ3) is 3.04. The predicted octanol–water partition coefficient (Wildman–Crippen LogP) is 0.434. The monoisotopic (exact) mass is 244 g/mol. The molecular formula is C11H16O4S. The molecule has 1 aromatic carbocycles. The van der Waals surface area contributed by atoms with Gasteiger partial charge in [0.25, 0.3) is 0 Å². The minimum Gasteiger partial charge on any atom is -0.395 e. The van der Waals surface area contributed by atoms with Gasteiger partial charge in [-0.15, -0.1) is 0 Å². The first-order valence-electron chi connectivity index (χ1n) is 4.90. The van der Waals surface area contributed by atoms with E-state index in [1.165, 1.54) is 0 Å². The van der Waals surface area contributed by atoms with E-state index in [4.69, 9.17) is 5.11 Å². The van der Waals surface area contributed by atoms with E-state index in [1.807, 2.05) is 13.0 Å². The number of aliphatic hydroxyl groups excluding tert-OH is 2. The summed E-state index contributed by atoms with van der Waals surface area (Å²) in [6.45, 7) is 1.26. The van der Waals surface area contributed by atoms with Crippen LogP contribution in [-0.4, -0.2) is 36.7 Å². The van der Waals surface area contributed by atoms with Crippen molar-refractivity contribution in [2.24, 2.45) is 0 Å². The van der Waals surface area contributed by atoms with Crippen LogP contribution in [0.4, 0.5) is 0 Å². The zero-order chi connectivity index (χ0) is 12.3. The Morgan fingerprint density at radius 1 is 1.38 bits per heavy atom. The molecule has 0 saturated carbocycles. The minimum absolute atomic E-state index is 0.504. The van der Waals surface area contributed by atoms with E-state index < -0.39 is 27.8 Å². The first kappa shape index (κ1) is 13.2. The van der Waals surface area contributed by atoms with Crippen LogP contribution in [0.5, 0.6) is 0 Å². The lowest BCUT2D eigenvalue weighted by Crippen LogP contribution is -2.31. The zero-order valence-electron chi connectivity index (χ0n) is 9.29. The van der Waals surface area contributed by atoms with Crippen molar-refractivity contribution in [1.82, 2.24) is 0 Å². The smallest absolute Gasteiger partial charge is 0.155 e. The lowest BCUT2D eigenvalue weighted by atomic mass is 10.0. The Bertz CT molecular complexity index is 453. The van der Waals surface area contributed by atoms with Gasteiger partial charge >= 0.3 is 0 Å². The summed E-state index contributed by atoms with van der Waals surface area (Å²) in [5.41, 5.74) is 1.44. The summed E-state index contributed by atoms with van der Waals surface area (Å²) in [5.74, 6) is 0. The van der Waals surface area contributed by atoms with Crippen molar-refractivity contribution in [2.45, 2.75) is 18.3 Å². The first-order valence-corrected chi connectivity index (χ1v) is 6.86. The molecule has 0 spiro atoms. The minimum atomic E-state index is -3.48. The Balaban J connectivity index is 3.05. The van der Waals surface area contributed by atoms with Gasteiger partial charge in [0.1, 0.15) is 5.25 Å². The molecule has 0 saturated heterocycles. The summed E-state index contributed by atoms with van der Waals surface area (Å²) in [4.78, 5) is 0. The number of benzene rings is 1. The molecule has 16 heavy (non-hydrogen) atoms. The van der Waals surface area contributed by atoms with Crippen LogP contribution in [0.3, 0.4) is 0 Å². The van der Waals surface area contributed by atoms with E-state index in [-0.39, 0.29) is 0 Å². The maximum atomic E-state index is 11.3. The molecule has 0 bridgehead atoms. The van der Waals surface area contributed by atoms with Gasteiger partial charge in [-0.3, -0.25) is 0 Å². The second kappa shape index (κ2) is 4.95. The van der Waals surface area contributed by atoms with E-state index >= 15 is 0 Å². The maximum Gasteiger partial charge on any atom is 0.155 e. The predicted molar refractivity (Wildman–Crippen MR) is 61.9 cm³/mol. The van der Waals surface area contributed by atoms with Gasteiger partial charge in [0.05, 0.1) is 12.7 Å². The molecule has 1 rings (SSSR count). The van der Waals surface area contributed by atoms with Crippen molar-refractivity contribution in [3.05, 3.63) is 35.4 Å². The van der Waals surface area contributed by atoms with E-state index in [9.17, 15) is 13.5 Å². The molecule has 0 aromatic heterocycles. The standard InChI is InChI=1S/C11H16O4S/c1-8-4-3-5-9(6-8)11(13)10(7-12)16(2,14)15/h3-6,10-13H,7H2,1-2H3/t10-,11+/m0/s1. The molecule has 0 aliphatic rings. The van der Waals surface area contributed by atoms with Crippen LogP contribution in [0.25, 0.3) is 0 Å². The van der Waals surface area contributed by atoms with Crippen LogP contribution >= 0.6 is 0 Å². The lowest BCUT2D eigenvalue weighted by Gasteiger charge is -2.19. The molecule has 0 heterocycles. The van der Waals surface area contributed by atoms with Crippen molar-refractivity contribution in [3.63, 3.8) is 0 Å². The van der Waals surface area contributed by atoms with Gasteiger partial charge < -0.3 is 10.2 Å². The van der Waals surface area contributed by atoms with Crippen LogP contribution in [0.1, 0.15) is 17.2 Å². The van der Waals surface area contributed by atoms with Gasteiger partial charge in [-0.1, -0.05) is 29.8 Å². The average molecular weight is 244 g/mol. The third-order valence-electron chi connectivity index (χ3n) is 2.47. The second-order valence-corrected chi connectivity index (χ2v) is 6.17. The lowest BCUT2D eigenvalue weighted by molar-refractivity contribution is 0.138. The first-order chi connectivity index (χ1) is 7.36. The fourth-order valence-corrected chi connectivity index (χ4v) is 2.43. The summed E-state index contributed by atoms with van der Waals surface area (Å²) in [6.07, 6.45) is -0.188. The van der Waals surface area contributed by atoms with Crippen LogP contribution in [0.2, 0.25) is 0 Å². The molecule has 90 valence electrons. The second-order valence-electron chi connectivity index (χ2n) is 3.91. The highest BCUT2D eigenvalue weighted by Crippen LogP contribution is 2.22. The van der Waals surface area contributed by atoms with Gasteiger partial charge in [0, 0.05) is 6.26 Å². The third-order valence-corrected chi connectivity index (χ3v) is 3.97. The number of rotatable bonds is 4. The molecule has 2 N–H and O–H groups in total. The normalized spacial score (nSPS) is 15.8. The topological polar surface area (TPSA) is 74.6 Å². The number of aliphatic hydroxyl groups is 2. The van der Waals surface area contributed by atoms with Crippen molar-refractivity contribution < 1.29 is 18.6 Å². The number of aryl methyl sites for hydroxylation is 1. The van der Waals surface area contributed by atoms with Gasteiger partial charge in [-0.05, 0) is 12.5 Å². The van der Waals surface area contributed by atoms with E-state index in [1.54, 1.807) is 18.2 Å². The summed E-state index contributed by atoms with van der Waals surface area (Å²) in [5, 5.41) is 17.8. The summed E-state index contributed by atoms with van der Waals surface area (Å²) < 4.78 is 22.7. The summed E-state index contributed by atoms with van der Waals surface area (Å²) in [7, 11) is -3.48. The van der Waals surface area contributed by atoms with E-state index in [0.29, 0.717) is 5.56 Å². The Hall–Kier alpha value is -0.910. The molecule has 2 atom stereocenters. The molecule has 0 aliphatic heterocycles. The maximum absolute atomic E-state index is 11.3.